The Labute approximate surface area is 365 Å². The van der Waals surface area contributed by atoms with Crippen LogP contribution in [-0.4, -0.2) is 92.2 Å². The highest BCUT2D eigenvalue weighted by Gasteiger charge is 2.45. The largest absolute Gasteiger partial charge is 0.444 e. The summed E-state index contributed by atoms with van der Waals surface area (Å²) in [5.41, 5.74) is 1.52. The summed E-state index contributed by atoms with van der Waals surface area (Å²) in [6.07, 6.45) is 7.05. The second-order valence-electron chi connectivity index (χ2n) is 15.9. The molecule has 17 nitrogen and oxygen atoms in total. The lowest BCUT2D eigenvalue weighted by Gasteiger charge is -2.27. The zero-order valence-electron chi connectivity index (χ0n) is 34.7. The van der Waals surface area contributed by atoms with Crippen molar-refractivity contribution >= 4 is 52.5 Å². The lowest BCUT2D eigenvalue weighted by molar-refractivity contribution is -0.136. The molecule has 8 rings (SSSR count). The molecule has 1 unspecified atom stereocenters. The zero-order valence-corrected chi connectivity index (χ0v) is 34.7. The smallest absolute Gasteiger partial charge is 0.284 e. The number of imide groups is 2. The number of halogens is 2. The average Bonchev–Trinajstić information content (AvgIpc) is 3.70. The number of anilines is 3. The van der Waals surface area contributed by atoms with Crippen LogP contribution >= 0.6 is 0 Å². The van der Waals surface area contributed by atoms with Crippen molar-refractivity contribution in [2.24, 2.45) is 5.92 Å². The van der Waals surface area contributed by atoms with Gasteiger partial charge in [0.2, 0.25) is 17.7 Å². The first-order valence-electron chi connectivity index (χ1n) is 21.3. The number of piperidine rings is 1. The van der Waals surface area contributed by atoms with Gasteiger partial charge in [0.15, 0.2) is 17.2 Å². The van der Waals surface area contributed by atoms with E-state index in [2.05, 4.69) is 41.7 Å². The van der Waals surface area contributed by atoms with Gasteiger partial charge < -0.3 is 25.7 Å². The highest BCUT2D eigenvalue weighted by Crippen LogP contribution is 2.33. The molecule has 64 heavy (non-hydrogen) atoms. The number of amides is 5. The molecule has 0 radical (unpaired) electrons. The molecule has 332 valence electrons. The lowest BCUT2D eigenvalue weighted by atomic mass is 10.0. The Hall–Kier alpha value is -7.15. The third kappa shape index (κ3) is 10.0. The Balaban J connectivity index is 0.743. The molecule has 5 N–H and O–H groups in total. The van der Waals surface area contributed by atoms with Crippen LogP contribution in [0.15, 0.2) is 77.7 Å². The highest BCUT2D eigenvalue weighted by atomic mass is 19.3. The van der Waals surface area contributed by atoms with Gasteiger partial charge in [0.25, 0.3) is 24.1 Å². The second-order valence-corrected chi connectivity index (χ2v) is 15.9. The fraction of sp³-hybridized carbons (Fsp3) is 0.356. The van der Waals surface area contributed by atoms with Crippen LogP contribution in [0.2, 0.25) is 0 Å². The average molecular weight is 877 g/mol. The van der Waals surface area contributed by atoms with Crippen LogP contribution in [0, 0.1) is 5.92 Å². The van der Waals surface area contributed by atoms with Crippen molar-refractivity contribution in [1.29, 1.82) is 0 Å². The van der Waals surface area contributed by atoms with Crippen LogP contribution in [0.5, 0.6) is 0 Å². The Bertz CT molecular complexity index is 2570. The Kier molecular flexibility index (Phi) is 13.2. The summed E-state index contributed by atoms with van der Waals surface area (Å²) in [5, 5.41) is 18.6. The molecule has 3 aromatic heterocycles. The number of alkyl halides is 2. The van der Waals surface area contributed by atoms with Crippen molar-refractivity contribution in [1.82, 2.24) is 35.3 Å². The fourth-order valence-electron chi connectivity index (χ4n) is 7.59. The Morgan fingerprint density at radius 1 is 0.891 bits per heavy atom. The molecule has 2 aromatic carbocycles. The molecule has 0 bridgehead atoms. The SMILES string of the molecule is O=C1CCC(N2C(=O)c3cccc(NCCCCCNCCCC(=O)c4ccc(-n5cc(NC(=O)c6coc(-c7ccnc(NCC8CC8)c7)n6)c(C(F)F)n5)cc4)c3C2=O)C(=O)N1. The van der Waals surface area contributed by atoms with E-state index in [0.29, 0.717) is 60.2 Å². The number of ketones is 1. The molecular weight excluding hydrogens is 831 g/mol. The van der Waals surface area contributed by atoms with E-state index in [1.807, 2.05) is 0 Å². The minimum Gasteiger partial charge on any atom is -0.444 e. The zero-order chi connectivity index (χ0) is 44.7. The maximum absolute atomic E-state index is 14.1. The predicted octanol–water partition coefficient (Wildman–Crippen LogP) is 6.17. The number of nitrogens with zero attached hydrogens (tertiary/aromatic N) is 5. The van der Waals surface area contributed by atoms with E-state index in [-0.39, 0.29) is 47.0 Å². The van der Waals surface area contributed by atoms with Crippen molar-refractivity contribution in [2.75, 3.05) is 42.1 Å². The van der Waals surface area contributed by atoms with E-state index in [1.165, 1.54) is 23.7 Å². The Morgan fingerprint density at radius 3 is 2.47 bits per heavy atom. The maximum atomic E-state index is 14.1. The first kappa shape index (κ1) is 43.5. The second kappa shape index (κ2) is 19.5. The van der Waals surface area contributed by atoms with E-state index < -0.39 is 47.7 Å². The van der Waals surface area contributed by atoms with Crippen molar-refractivity contribution < 1.29 is 42.0 Å². The van der Waals surface area contributed by atoms with Crippen molar-refractivity contribution in [3.8, 4) is 17.1 Å². The van der Waals surface area contributed by atoms with Crippen LogP contribution < -0.4 is 26.6 Å². The molecule has 5 heterocycles. The monoisotopic (exact) mass is 876 g/mol. The van der Waals surface area contributed by atoms with Crippen LogP contribution in [0.3, 0.4) is 0 Å². The van der Waals surface area contributed by atoms with Gasteiger partial charge >= 0.3 is 0 Å². The molecule has 1 saturated carbocycles. The predicted molar refractivity (Wildman–Crippen MR) is 229 cm³/mol. The number of nitrogens with one attached hydrogen (secondary N) is 5. The van der Waals surface area contributed by atoms with E-state index >= 15 is 0 Å². The first-order chi connectivity index (χ1) is 31.0. The highest BCUT2D eigenvalue weighted by molar-refractivity contribution is 6.25. The molecule has 1 atom stereocenters. The number of carbonyl (C=O) groups is 6. The van der Waals surface area contributed by atoms with Crippen LogP contribution in [0.1, 0.15) is 111 Å². The van der Waals surface area contributed by atoms with Crippen LogP contribution in [0.25, 0.3) is 17.1 Å². The topological polar surface area (TPSA) is 223 Å². The van der Waals surface area contributed by atoms with Gasteiger partial charge in [-0.3, -0.25) is 39.0 Å². The minimum atomic E-state index is -2.99. The van der Waals surface area contributed by atoms with Crippen molar-refractivity contribution in [3.63, 3.8) is 0 Å². The van der Waals surface area contributed by atoms with Gasteiger partial charge in [0, 0.05) is 48.9 Å². The summed E-state index contributed by atoms with van der Waals surface area (Å²) < 4.78 is 34.8. The summed E-state index contributed by atoms with van der Waals surface area (Å²) in [5.74, 6) is -1.53. The number of benzene rings is 2. The molecule has 2 fully saturated rings. The fourth-order valence-corrected chi connectivity index (χ4v) is 7.59. The summed E-state index contributed by atoms with van der Waals surface area (Å²) in [4.78, 5) is 85.8. The number of oxazole rings is 1. The summed E-state index contributed by atoms with van der Waals surface area (Å²) in [6.45, 7) is 2.76. The number of fused-ring (bicyclic) bond motifs is 1. The van der Waals surface area contributed by atoms with Crippen LogP contribution in [0.4, 0.5) is 26.0 Å². The van der Waals surface area contributed by atoms with Crippen molar-refractivity contribution in [3.05, 3.63) is 101 Å². The van der Waals surface area contributed by atoms with Crippen LogP contribution in [-0.2, 0) is 9.59 Å². The normalized spacial score (nSPS) is 16.0. The number of carbonyl (C=O) groups excluding carboxylic acids is 6. The number of rotatable bonds is 21. The molecular formula is C45H46F2N10O7. The summed E-state index contributed by atoms with van der Waals surface area (Å²) in [6, 6.07) is 13.8. The van der Waals surface area contributed by atoms with E-state index in [1.54, 1.807) is 60.8 Å². The standard InChI is InChI=1S/C45H46F2N10O7/c46-40(47)39-32(52-41(60)33-25-64-43(53-33)28-17-21-50-36(22-28)51-23-26-9-10-26)24-56(55-39)29-13-11-27(12-14-29)35(58)8-5-19-48-18-2-1-3-20-49-31-7-4-6-30-38(31)45(63)57(44(30)62)34-15-16-37(59)54-42(34)61/h4,6-7,11-14,17,21-22,24-26,34,40,48-49H,1-3,5,8-10,15-16,18-20,23H2,(H,50,51)(H,52,60)(H,54,59,61). The minimum absolute atomic E-state index is 0.0535. The number of hydrogen-bond acceptors (Lipinski definition) is 13. The molecule has 19 heteroatoms. The van der Waals surface area contributed by atoms with E-state index in [0.717, 1.165) is 43.5 Å². The number of hydrogen-bond donors (Lipinski definition) is 5. The Morgan fingerprint density at radius 2 is 1.69 bits per heavy atom. The van der Waals surface area contributed by atoms with Gasteiger partial charge in [0.05, 0.1) is 28.7 Å². The molecule has 2 aliphatic heterocycles. The van der Waals surface area contributed by atoms with Gasteiger partial charge in [-0.15, -0.1) is 0 Å². The first-order valence-corrected chi connectivity index (χ1v) is 21.3. The third-order valence-electron chi connectivity index (χ3n) is 11.2. The van der Waals surface area contributed by atoms with Gasteiger partial charge in [-0.2, -0.15) is 5.10 Å². The molecule has 5 aromatic rings. The molecule has 0 spiro atoms. The molecule has 5 amide bonds. The van der Waals surface area contributed by atoms with Gasteiger partial charge in [-0.05, 0) is 106 Å². The quantitative estimate of drug-likeness (QED) is 0.0317. The van der Waals surface area contributed by atoms with Gasteiger partial charge in [-0.25, -0.2) is 23.4 Å². The lowest BCUT2D eigenvalue weighted by Crippen LogP contribution is -2.54. The van der Waals surface area contributed by atoms with Crippen molar-refractivity contribution in [2.45, 2.75) is 70.3 Å². The number of unbranched alkanes of at least 4 members (excludes halogenated alkanes) is 2. The number of aromatic nitrogens is 4. The maximum Gasteiger partial charge on any atom is 0.284 e. The van der Waals surface area contributed by atoms with Gasteiger partial charge in [0.1, 0.15) is 18.1 Å². The van der Waals surface area contributed by atoms with Gasteiger partial charge in [-0.1, -0.05) is 12.5 Å². The number of pyridine rings is 1. The van der Waals surface area contributed by atoms with E-state index in [9.17, 15) is 37.5 Å². The summed E-state index contributed by atoms with van der Waals surface area (Å²) in [7, 11) is 0. The molecule has 1 aliphatic carbocycles. The third-order valence-corrected chi connectivity index (χ3v) is 11.2. The molecule has 3 aliphatic rings. The number of Topliss-reactive ketones (excluding diaryl/α,β-unsaturated/α-hetero) is 1. The van der Waals surface area contributed by atoms with E-state index in [4.69, 9.17) is 4.42 Å². The molecule has 1 saturated heterocycles. The summed E-state index contributed by atoms with van der Waals surface area (Å²) >= 11 is 0.